The van der Waals surface area contributed by atoms with Gasteiger partial charge in [0.25, 0.3) is 5.91 Å². The van der Waals surface area contributed by atoms with Gasteiger partial charge in [-0.1, -0.05) is 12.1 Å². The summed E-state index contributed by atoms with van der Waals surface area (Å²) < 4.78 is 0. The van der Waals surface area contributed by atoms with Crippen LogP contribution in [0.1, 0.15) is 27.0 Å². The number of carbonyl (C=O) groups excluding carboxylic acids is 1. The maximum absolute atomic E-state index is 12.4. The summed E-state index contributed by atoms with van der Waals surface area (Å²) in [6.07, 6.45) is 1.01. The number of hydrogen-bond donors (Lipinski definition) is 1. The molecule has 0 saturated heterocycles. The molecule has 0 bridgehead atoms. The summed E-state index contributed by atoms with van der Waals surface area (Å²) in [5, 5.41) is 3.02. The third-order valence-corrected chi connectivity index (χ3v) is 4.32. The quantitative estimate of drug-likeness (QED) is 0.912. The lowest BCUT2D eigenvalue weighted by molar-refractivity contribution is 0.102. The number of rotatable bonds is 2. The van der Waals surface area contributed by atoms with Gasteiger partial charge in [0.2, 0.25) is 0 Å². The summed E-state index contributed by atoms with van der Waals surface area (Å²) >= 11 is 0. The van der Waals surface area contributed by atoms with E-state index in [0.29, 0.717) is 0 Å². The van der Waals surface area contributed by atoms with Crippen molar-refractivity contribution >= 4 is 17.3 Å². The second-order valence-electron chi connectivity index (χ2n) is 5.72. The summed E-state index contributed by atoms with van der Waals surface area (Å²) in [7, 11) is 2.09. The lowest BCUT2D eigenvalue weighted by atomic mass is 10.1. The number of carbonyl (C=O) groups is 1. The number of likely N-dealkylation sites (N-methyl/N-ethyl adjacent to an activating group) is 1. The van der Waals surface area contributed by atoms with Crippen molar-refractivity contribution in [1.29, 1.82) is 0 Å². The van der Waals surface area contributed by atoms with Gasteiger partial charge in [0, 0.05) is 30.5 Å². The minimum absolute atomic E-state index is 0.0407. The molecule has 2 aromatic rings. The first-order valence-electron chi connectivity index (χ1n) is 7.28. The van der Waals surface area contributed by atoms with E-state index in [2.05, 4.69) is 30.3 Å². The number of nitrogens with one attached hydrogen (secondary N) is 1. The van der Waals surface area contributed by atoms with Crippen LogP contribution in [0, 0.1) is 13.8 Å². The average Bonchev–Trinajstić information content (AvgIpc) is 2.85. The standard InChI is InChI=1S/C18H20N2O/c1-12-5-4-6-16(13(12)2)19-18(21)15-7-8-17-14(11-15)9-10-20(17)3/h4-8,11H,9-10H2,1-3H3,(H,19,21). The maximum atomic E-state index is 12.4. The highest BCUT2D eigenvalue weighted by molar-refractivity contribution is 6.05. The zero-order chi connectivity index (χ0) is 15.0. The second-order valence-corrected chi connectivity index (χ2v) is 5.72. The van der Waals surface area contributed by atoms with Gasteiger partial charge in [-0.15, -0.1) is 0 Å². The molecule has 3 nitrogen and oxygen atoms in total. The van der Waals surface area contributed by atoms with Gasteiger partial charge in [-0.25, -0.2) is 0 Å². The summed E-state index contributed by atoms with van der Waals surface area (Å²) in [5.74, 6) is -0.0407. The SMILES string of the molecule is Cc1cccc(NC(=O)c2ccc3c(c2)CCN3C)c1C. The van der Waals surface area contributed by atoms with Crippen LogP contribution in [0.3, 0.4) is 0 Å². The fourth-order valence-electron chi connectivity index (χ4n) is 2.79. The first-order chi connectivity index (χ1) is 10.1. The highest BCUT2D eigenvalue weighted by Crippen LogP contribution is 2.28. The molecular formula is C18H20N2O. The monoisotopic (exact) mass is 280 g/mol. The fraction of sp³-hybridized carbons (Fsp3) is 0.278. The second kappa shape index (κ2) is 5.24. The van der Waals surface area contributed by atoms with Crippen LogP contribution < -0.4 is 10.2 Å². The molecule has 0 radical (unpaired) electrons. The summed E-state index contributed by atoms with van der Waals surface area (Å²) in [4.78, 5) is 14.7. The van der Waals surface area contributed by atoms with Gasteiger partial charge in [0.05, 0.1) is 0 Å². The normalized spacial score (nSPS) is 13.2. The molecule has 0 fully saturated rings. The van der Waals surface area contributed by atoms with E-state index in [9.17, 15) is 4.79 Å². The maximum Gasteiger partial charge on any atom is 0.255 e. The van der Waals surface area contributed by atoms with Crippen molar-refractivity contribution in [2.24, 2.45) is 0 Å². The number of amides is 1. The lowest BCUT2D eigenvalue weighted by Crippen LogP contribution is -2.14. The Kier molecular flexibility index (Phi) is 3.42. The molecule has 3 rings (SSSR count). The van der Waals surface area contributed by atoms with E-state index in [-0.39, 0.29) is 5.91 Å². The van der Waals surface area contributed by atoms with E-state index >= 15 is 0 Å². The van der Waals surface area contributed by atoms with E-state index in [1.807, 2.05) is 37.3 Å². The van der Waals surface area contributed by atoms with Crippen LogP contribution in [0.15, 0.2) is 36.4 Å². The Labute approximate surface area is 125 Å². The highest BCUT2D eigenvalue weighted by Gasteiger charge is 2.17. The zero-order valence-electron chi connectivity index (χ0n) is 12.7. The molecule has 0 aromatic heterocycles. The van der Waals surface area contributed by atoms with Crippen molar-refractivity contribution in [1.82, 2.24) is 0 Å². The summed E-state index contributed by atoms with van der Waals surface area (Å²) in [5.41, 5.74) is 6.40. The van der Waals surface area contributed by atoms with Gasteiger partial charge in [-0.05, 0) is 61.2 Å². The van der Waals surface area contributed by atoms with Crippen LogP contribution in [-0.4, -0.2) is 19.5 Å². The number of nitrogens with zero attached hydrogens (tertiary/aromatic N) is 1. The van der Waals surface area contributed by atoms with E-state index in [0.717, 1.165) is 29.8 Å². The number of fused-ring (bicyclic) bond motifs is 1. The molecule has 0 unspecified atom stereocenters. The van der Waals surface area contributed by atoms with Crippen molar-refractivity contribution in [2.45, 2.75) is 20.3 Å². The first kappa shape index (κ1) is 13.7. The molecule has 1 N–H and O–H groups in total. The summed E-state index contributed by atoms with van der Waals surface area (Å²) in [6, 6.07) is 11.9. The fourth-order valence-corrected chi connectivity index (χ4v) is 2.79. The van der Waals surface area contributed by atoms with Crippen LogP contribution in [0.4, 0.5) is 11.4 Å². The molecule has 21 heavy (non-hydrogen) atoms. The zero-order valence-corrected chi connectivity index (χ0v) is 12.7. The van der Waals surface area contributed by atoms with Gasteiger partial charge >= 0.3 is 0 Å². The molecule has 3 heteroatoms. The number of hydrogen-bond acceptors (Lipinski definition) is 2. The molecule has 1 amide bonds. The minimum Gasteiger partial charge on any atom is -0.374 e. The van der Waals surface area contributed by atoms with E-state index < -0.39 is 0 Å². The Morgan fingerprint density at radius 2 is 2.00 bits per heavy atom. The largest absolute Gasteiger partial charge is 0.374 e. The molecule has 2 aromatic carbocycles. The molecule has 0 saturated carbocycles. The van der Waals surface area contributed by atoms with Crippen molar-refractivity contribution in [3.8, 4) is 0 Å². The van der Waals surface area contributed by atoms with Crippen molar-refractivity contribution < 1.29 is 4.79 Å². The molecule has 108 valence electrons. The lowest BCUT2D eigenvalue weighted by Gasteiger charge is -2.13. The molecular weight excluding hydrogens is 260 g/mol. The van der Waals surface area contributed by atoms with E-state index in [1.165, 1.54) is 16.8 Å². The number of benzene rings is 2. The van der Waals surface area contributed by atoms with Crippen molar-refractivity contribution in [2.75, 3.05) is 23.8 Å². The molecule has 1 aliphatic heterocycles. The van der Waals surface area contributed by atoms with Gasteiger partial charge in [-0.2, -0.15) is 0 Å². The van der Waals surface area contributed by atoms with Crippen molar-refractivity contribution in [3.63, 3.8) is 0 Å². The predicted octanol–water partition coefficient (Wildman–Crippen LogP) is 3.55. The molecule has 1 heterocycles. The van der Waals surface area contributed by atoms with E-state index in [1.54, 1.807) is 0 Å². The Morgan fingerprint density at radius 3 is 2.81 bits per heavy atom. The Morgan fingerprint density at radius 1 is 1.19 bits per heavy atom. The van der Waals surface area contributed by atoms with Gasteiger partial charge in [0.15, 0.2) is 0 Å². The first-order valence-corrected chi connectivity index (χ1v) is 7.28. The van der Waals surface area contributed by atoms with Crippen LogP contribution in [0.25, 0.3) is 0 Å². The van der Waals surface area contributed by atoms with Gasteiger partial charge in [0.1, 0.15) is 0 Å². The highest BCUT2D eigenvalue weighted by atomic mass is 16.1. The topological polar surface area (TPSA) is 32.3 Å². The number of aryl methyl sites for hydroxylation is 1. The smallest absolute Gasteiger partial charge is 0.255 e. The minimum atomic E-state index is -0.0407. The third-order valence-electron chi connectivity index (χ3n) is 4.32. The van der Waals surface area contributed by atoms with Crippen LogP contribution in [0.5, 0.6) is 0 Å². The molecule has 0 atom stereocenters. The van der Waals surface area contributed by atoms with Crippen molar-refractivity contribution in [3.05, 3.63) is 58.7 Å². The van der Waals surface area contributed by atoms with Crippen LogP contribution in [-0.2, 0) is 6.42 Å². The van der Waals surface area contributed by atoms with E-state index in [4.69, 9.17) is 0 Å². The van der Waals surface area contributed by atoms with Crippen LogP contribution in [0.2, 0.25) is 0 Å². The Hall–Kier alpha value is -2.29. The summed E-state index contributed by atoms with van der Waals surface area (Å²) in [6.45, 7) is 5.11. The van der Waals surface area contributed by atoms with Crippen LogP contribution >= 0.6 is 0 Å². The number of anilines is 2. The Bertz CT molecular complexity index is 706. The van der Waals surface area contributed by atoms with Gasteiger partial charge in [-0.3, -0.25) is 4.79 Å². The Balaban J connectivity index is 1.85. The average molecular weight is 280 g/mol. The third kappa shape index (κ3) is 2.51. The van der Waals surface area contributed by atoms with Gasteiger partial charge < -0.3 is 10.2 Å². The predicted molar refractivity (Wildman–Crippen MR) is 87.3 cm³/mol. The molecule has 1 aliphatic rings. The molecule has 0 spiro atoms. The molecule has 0 aliphatic carbocycles.